The zero-order valence-electron chi connectivity index (χ0n) is 11.7. The molecule has 1 heterocycles. The zero-order chi connectivity index (χ0) is 14.4. The molecule has 0 saturated heterocycles. The average molecular weight is 270 g/mol. The quantitative estimate of drug-likeness (QED) is 0.871. The highest BCUT2D eigenvalue weighted by atomic mass is 15.5. The van der Waals surface area contributed by atoms with Crippen molar-refractivity contribution in [3.8, 4) is 11.8 Å². The monoisotopic (exact) mass is 270 g/mol. The highest BCUT2D eigenvalue weighted by Crippen LogP contribution is 2.25. The molecule has 0 bridgehead atoms. The molecule has 0 saturated carbocycles. The number of para-hydroxylation sites is 2. The first kappa shape index (κ1) is 14.0. The summed E-state index contributed by atoms with van der Waals surface area (Å²) in [4.78, 5) is 0. The number of nitriles is 1. The molecule has 0 spiro atoms. The molecule has 0 amide bonds. The van der Waals surface area contributed by atoms with Crippen molar-refractivity contribution in [1.82, 2.24) is 20.2 Å². The van der Waals surface area contributed by atoms with Crippen LogP contribution >= 0.6 is 0 Å². The van der Waals surface area contributed by atoms with E-state index in [1.165, 1.54) is 0 Å². The molecule has 0 atom stereocenters. The van der Waals surface area contributed by atoms with Gasteiger partial charge in [-0.2, -0.15) is 9.94 Å². The van der Waals surface area contributed by atoms with E-state index in [1.807, 2.05) is 24.3 Å². The third-order valence-corrected chi connectivity index (χ3v) is 3.17. The lowest BCUT2D eigenvalue weighted by Gasteiger charge is -2.25. The van der Waals surface area contributed by atoms with Gasteiger partial charge in [0.15, 0.2) is 0 Å². The standard InChI is InChI=1S/C14H18N6/c1-14(2,8-5-9-15)10-16-12-6-3-4-7-13(12)20-11-17-18-19-20/h3-4,6-7,11,16H,5,8,10H2,1-2H3. The van der Waals surface area contributed by atoms with Gasteiger partial charge in [0.2, 0.25) is 0 Å². The molecule has 1 aromatic heterocycles. The smallest absolute Gasteiger partial charge is 0.143 e. The van der Waals surface area contributed by atoms with Crippen molar-refractivity contribution in [2.75, 3.05) is 11.9 Å². The summed E-state index contributed by atoms with van der Waals surface area (Å²) in [6.45, 7) is 5.09. The summed E-state index contributed by atoms with van der Waals surface area (Å²) in [5.41, 5.74) is 1.95. The molecule has 0 aliphatic rings. The van der Waals surface area contributed by atoms with Crippen LogP contribution in [0.25, 0.3) is 5.69 Å². The third-order valence-electron chi connectivity index (χ3n) is 3.17. The van der Waals surface area contributed by atoms with Gasteiger partial charge in [-0.1, -0.05) is 26.0 Å². The maximum atomic E-state index is 8.69. The van der Waals surface area contributed by atoms with E-state index < -0.39 is 0 Å². The van der Waals surface area contributed by atoms with Gasteiger partial charge in [-0.3, -0.25) is 0 Å². The Hall–Kier alpha value is -2.42. The van der Waals surface area contributed by atoms with Crippen LogP contribution < -0.4 is 5.32 Å². The molecule has 6 heteroatoms. The normalized spacial score (nSPS) is 11.1. The predicted octanol–water partition coefficient (Wildman–Crippen LogP) is 2.40. The van der Waals surface area contributed by atoms with Crippen molar-refractivity contribution in [3.05, 3.63) is 30.6 Å². The second-order valence-corrected chi connectivity index (χ2v) is 5.45. The Kier molecular flexibility index (Phi) is 4.31. The first-order valence-electron chi connectivity index (χ1n) is 6.56. The van der Waals surface area contributed by atoms with Gasteiger partial charge in [-0.25, -0.2) is 0 Å². The summed E-state index contributed by atoms with van der Waals surface area (Å²) in [5.74, 6) is 0. The summed E-state index contributed by atoms with van der Waals surface area (Å²) < 4.78 is 1.63. The van der Waals surface area contributed by atoms with E-state index in [4.69, 9.17) is 5.26 Å². The fourth-order valence-corrected chi connectivity index (χ4v) is 1.91. The Morgan fingerprint density at radius 2 is 2.15 bits per heavy atom. The summed E-state index contributed by atoms with van der Waals surface area (Å²) in [6, 6.07) is 10.1. The van der Waals surface area contributed by atoms with Gasteiger partial charge < -0.3 is 5.32 Å². The van der Waals surface area contributed by atoms with Crippen molar-refractivity contribution in [2.45, 2.75) is 26.7 Å². The molecule has 2 rings (SSSR count). The number of anilines is 1. The average Bonchev–Trinajstić information content (AvgIpc) is 2.97. The Morgan fingerprint density at radius 3 is 2.85 bits per heavy atom. The minimum absolute atomic E-state index is 0.0590. The number of rotatable bonds is 6. The van der Waals surface area contributed by atoms with Crippen molar-refractivity contribution in [2.24, 2.45) is 5.41 Å². The van der Waals surface area contributed by atoms with E-state index in [9.17, 15) is 0 Å². The number of hydrogen-bond acceptors (Lipinski definition) is 5. The second kappa shape index (κ2) is 6.15. The van der Waals surface area contributed by atoms with Crippen molar-refractivity contribution < 1.29 is 0 Å². The summed E-state index contributed by atoms with van der Waals surface area (Å²) in [5, 5.41) is 23.3. The Bertz CT molecular complexity index is 582. The van der Waals surface area contributed by atoms with Crippen LogP contribution in [0.5, 0.6) is 0 Å². The van der Waals surface area contributed by atoms with Crippen LogP contribution in [0.4, 0.5) is 5.69 Å². The van der Waals surface area contributed by atoms with Crippen LogP contribution in [0.1, 0.15) is 26.7 Å². The Labute approximate surface area is 118 Å². The molecule has 1 aromatic carbocycles. The zero-order valence-corrected chi connectivity index (χ0v) is 11.7. The number of benzene rings is 1. The molecule has 6 nitrogen and oxygen atoms in total. The number of tetrazole rings is 1. The molecule has 2 aromatic rings. The van der Waals surface area contributed by atoms with Crippen LogP contribution in [-0.2, 0) is 0 Å². The Morgan fingerprint density at radius 1 is 1.35 bits per heavy atom. The first-order valence-corrected chi connectivity index (χ1v) is 6.56. The van der Waals surface area contributed by atoms with Gasteiger partial charge in [0.05, 0.1) is 17.4 Å². The van der Waals surface area contributed by atoms with Gasteiger partial charge >= 0.3 is 0 Å². The second-order valence-electron chi connectivity index (χ2n) is 5.45. The molecule has 0 unspecified atom stereocenters. The predicted molar refractivity (Wildman–Crippen MR) is 76.3 cm³/mol. The van der Waals surface area contributed by atoms with Gasteiger partial charge in [0.1, 0.15) is 6.33 Å². The topological polar surface area (TPSA) is 79.4 Å². The molecule has 20 heavy (non-hydrogen) atoms. The SMILES string of the molecule is CC(C)(CCC#N)CNc1ccccc1-n1cnnn1. The van der Waals surface area contributed by atoms with Crippen LogP contribution in [-0.4, -0.2) is 26.8 Å². The van der Waals surface area contributed by atoms with Crippen LogP contribution in [0.15, 0.2) is 30.6 Å². The van der Waals surface area contributed by atoms with Crippen LogP contribution in [0.3, 0.4) is 0 Å². The van der Waals surface area contributed by atoms with E-state index in [-0.39, 0.29) is 5.41 Å². The lowest BCUT2D eigenvalue weighted by atomic mass is 9.88. The maximum Gasteiger partial charge on any atom is 0.143 e. The number of nitrogens with zero attached hydrogens (tertiary/aromatic N) is 5. The molecule has 0 radical (unpaired) electrons. The largest absolute Gasteiger partial charge is 0.383 e. The van der Waals surface area contributed by atoms with Crippen LogP contribution in [0.2, 0.25) is 0 Å². The minimum Gasteiger partial charge on any atom is -0.383 e. The van der Waals surface area contributed by atoms with E-state index in [0.717, 1.165) is 24.3 Å². The van der Waals surface area contributed by atoms with E-state index in [1.54, 1.807) is 11.0 Å². The van der Waals surface area contributed by atoms with Crippen molar-refractivity contribution in [3.63, 3.8) is 0 Å². The van der Waals surface area contributed by atoms with Crippen molar-refractivity contribution in [1.29, 1.82) is 5.26 Å². The minimum atomic E-state index is 0.0590. The maximum absolute atomic E-state index is 8.69. The van der Waals surface area contributed by atoms with Gasteiger partial charge in [-0.05, 0) is 34.4 Å². The van der Waals surface area contributed by atoms with Gasteiger partial charge in [-0.15, -0.1) is 5.10 Å². The van der Waals surface area contributed by atoms with Gasteiger partial charge in [0.25, 0.3) is 0 Å². The molecule has 0 aliphatic carbocycles. The molecule has 104 valence electrons. The first-order chi connectivity index (χ1) is 9.62. The third kappa shape index (κ3) is 3.54. The number of hydrogen-bond donors (Lipinski definition) is 1. The fraction of sp³-hybridized carbons (Fsp3) is 0.429. The lowest BCUT2D eigenvalue weighted by molar-refractivity contribution is 0.364. The number of nitrogens with one attached hydrogen (secondary N) is 1. The van der Waals surface area contributed by atoms with Crippen LogP contribution in [0, 0.1) is 16.7 Å². The lowest BCUT2D eigenvalue weighted by Crippen LogP contribution is -2.23. The highest BCUT2D eigenvalue weighted by Gasteiger charge is 2.18. The molecular weight excluding hydrogens is 252 g/mol. The summed E-state index contributed by atoms with van der Waals surface area (Å²) in [7, 11) is 0. The molecule has 0 aliphatic heterocycles. The summed E-state index contributed by atoms with van der Waals surface area (Å²) >= 11 is 0. The Balaban J connectivity index is 2.09. The number of aromatic nitrogens is 4. The molecular formula is C14H18N6. The molecule has 1 N–H and O–H groups in total. The van der Waals surface area contributed by atoms with Gasteiger partial charge in [0, 0.05) is 13.0 Å². The van der Waals surface area contributed by atoms with E-state index in [0.29, 0.717) is 6.42 Å². The van der Waals surface area contributed by atoms with Crippen molar-refractivity contribution >= 4 is 5.69 Å². The molecule has 0 fully saturated rings. The summed E-state index contributed by atoms with van der Waals surface area (Å²) in [6.07, 6.45) is 3.01. The highest BCUT2D eigenvalue weighted by molar-refractivity contribution is 5.60. The van der Waals surface area contributed by atoms with E-state index in [2.05, 4.69) is 40.8 Å². The fourth-order valence-electron chi connectivity index (χ4n) is 1.91. The van der Waals surface area contributed by atoms with E-state index >= 15 is 0 Å².